The summed E-state index contributed by atoms with van der Waals surface area (Å²) in [6.07, 6.45) is 9.07. The molecule has 6 heteroatoms. The highest BCUT2D eigenvalue weighted by atomic mass is 15.3. The molecular weight excluding hydrogens is 288 g/mol. The smallest absolute Gasteiger partial charge is 0.244 e. The molecule has 0 aliphatic heterocycles. The predicted octanol–water partition coefficient (Wildman–Crippen LogP) is 3.62. The van der Waals surface area contributed by atoms with Crippen molar-refractivity contribution in [2.45, 2.75) is 44.6 Å². The number of benzene rings is 1. The quantitative estimate of drug-likeness (QED) is 0.839. The van der Waals surface area contributed by atoms with Gasteiger partial charge in [-0.3, -0.25) is 0 Å². The van der Waals surface area contributed by atoms with Gasteiger partial charge in [-0.25, -0.2) is 0 Å². The molecule has 1 aliphatic carbocycles. The minimum absolute atomic E-state index is 0.435. The van der Waals surface area contributed by atoms with Crippen LogP contribution < -0.4 is 10.6 Å². The minimum Gasteiger partial charge on any atom is -0.350 e. The molecule has 0 unspecified atom stereocenters. The summed E-state index contributed by atoms with van der Waals surface area (Å²) in [5, 5.41) is 23.5. The fourth-order valence-corrected chi connectivity index (χ4v) is 2.81. The summed E-state index contributed by atoms with van der Waals surface area (Å²) in [7, 11) is 0. The molecule has 0 saturated heterocycles. The van der Waals surface area contributed by atoms with E-state index in [1.807, 2.05) is 12.1 Å². The molecule has 23 heavy (non-hydrogen) atoms. The Hall–Kier alpha value is -2.68. The Balaban J connectivity index is 1.65. The number of anilines is 3. The second-order valence-electron chi connectivity index (χ2n) is 5.81. The van der Waals surface area contributed by atoms with Crippen molar-refractivity contribution in [3.8, 4) is 6.07 Å². The van der Waals surface area contributed by atoms with Gasteiger partial charge in [0.2, 0.25) is 5.95 Å². The summed E-state index contributed by atoms with van der Waals surface area (Å²) in [6.45, 7) is 0. The first-order chi connectivity index (χ1) is 11.3. The van der Waals surface area contributed by atoms with Gasteiger partial charge in [-0.2, -0.15) is 15.3 Å². The molecule has 0 amide bonds. The molecule has 2 aromatic rings. The van der Waals surface area contributed by atoms with Crippen LogP contribution in [0.25, 0.3) is 0 Å². The lowest BCUT2D eigenvalue weighted by Gasteiger charge is -2.16. The predicted molar refractivity (Wildman–Crippen MR) is 89.4 cm³/mol. The molecule has 1 heterocycles. The lowest BCUT2D eigenvalue weighted by atomic mass is 10.1. The minimum atomic E-state index is 0.435. The van der Waals surface area contributed by atoms with Crippen LogP contribution in [0, 0.1) is 11.3 Å². The van der Waals surface area contributed by atoms with Crippen LogP contribution in [0.15, 0.2) is 30.5 Å². The molecule has 1 fully saturated rings. The fraction of sp³-hybridized carbons (Fsp3) is 0.412. The zero-order chi connectivity index (χ0) is 15.9. The van der Waals surface area contributed by atoms with Crippen LogP contribution in [-0.2, 0) is 0 Å². The van der Waals surface area contributed by atoms with Gasteiger partial charge in [-0.1, -0.05) is 25.7 Å². The van der Waals surface area contributed by atoms with Gasteiger partial charge in [-0.05, 0) is 37.1 Å². The van der Waals surface area contributed by atoms with E-state index in [1.54, 1.807) is 18.3 Å². The Kier molecular flexibility index (Phi) is 4.99. The van der Waals surface area contributed by atoms with E-state index in [0.29, 0.717) is 23.4 Å². The van der Waals surface area contributed by atoms with Gasteiger partial charge < -0.3 is 10.6 Å². The molecule has 0 spiro atoms. The third-order valence-electron chi connectivity index (χ3n) is 4.03. The molecule has 1 aromatic carbocycles. The van der Waals surface area contributed by atoms with Crippen LogP contribution in [0.3, 0.4) is 0 Å². The Morgan fingerprint density at radius 2 is 1.78 bits per heavy atom. The summed E-state index contributed by atoms with van der Waals surface area (Å²) in [4.78, 5) is 4.47. The van der Waals surface area contributed by atoms with E-state index in [0.717, 1.165) is 18.5 Å². The topological polar surface area (TPSA) is 86.5 Å². The van der Waals surface area contributed by atoms with Gasteiger partial charge >= 0.3 is 0 Å². The molecule has 0 atom stereocenters. The fourth-order valence-electron chi connectivity index (χ4n) is 2.81. The average molecular weight is 308 g/mol. The number of hydrogen-bond donors (Lipinski definition) is 2. The first kappa shape index (κ1) is 15.2. The summed E-state index contributed by atoms with van der Waals surface area (Å²) < 4.78 is 0. The van der Waals surface area contributed by atoms with Crippen LogP contribution in [0.1, 0.15) is 44.1 Å². The maximum Gasteiger partial charge on any atom is 0.244 e. The first-order valence-corrected chi connectivity index (χ1v) is 8.07. The molecule has 1 aliphatic rings. The molecule has 3 rings (SSSR count). The van der Waals surface area contributed by atoms with Crippen molar-refractivity contribution < 1.29 is 0 Å². The molecule has 1 saturated carbocycles. The normalized spacial score (nSPS) is 15.4. The highest BCUT2D eigenvalue weighted by Gasteiger charge is 2.13. The zero-order valence-corrected chi connectivity index (χ0v) is 13.0. The van der Waals surface area contributed by atoms with Crippen molar-refractivity contribution in [3.05, 3.63) is 36.0 Å². The van der Waals surface area contributed by atoms with Gasteiger partial charge in [0.25, 0.3) is 0 Å². The van der Waals surface area contributed by atoms with Crippen molar-refractivity contribution in [3.63, 3.8) is 0 Å². The van der Waals surface area contributed by atoms with Crippen molar-refractivity contribution in [2.24, 2.45) is 0 Å². The van der Waals surface area contributed by atoms with Crippen LogP contribution in [-0.4, -0.2) is 21.2 Å². The zero-order valence-electron chi connectivity index (χ0n) is 13.0. The van der Waals surface area contributed by atoms with E-state index >= 15 is 0 Å². The van der Waals surface area contributed by atoms with Crippen molar-refractivity contribution >= 4 is 17.5 Å². The van der Waals surface area contributed by atoms with Gasteiger partial charge in [0, 0.05) is 11.7 Å². The number of nitriles is 1. The number of nitrogens with zero attached hydrogens (tertiary/aromatic N) is 4. The number of hydrogen-bond acceptors (Lipinski definition) is 6. The lowest BCUT2D eigenvalue weighted by molar-refractivity contribution is 0.613. The largest absolute Gasteiger partial charge is 0.350 e. The number of nitrogens with one attached hydrogen (secondary N) is 2. The Bertz CT molecular complexity index is 668. The van der Waals surface area contributed by atoms with Gasteiger partial charge in [-0.15, -0.1) is 5.10 Å². The second-order valence-corrected chi connectivity index (χ2v) is 5.81. The highest BCUT2D eigenvalue weighted by molar-refractivity contribution is 5.57. The third kappa shape index (κ3) is 4.39. The standard InChI is InChI=1S/C17H20N6/c18-11-13-7-9-15(10-8-13)20-16-12-19-23-17(22-16)21-14-5-3-1-2-4-6-14/h7-10,12,14H,1-6H2,(H2,20,21,22,23). The van der Waals surface area contributed by atoms with Crippen molar-refractivity contribution in [2.75, 3.05) is 10.6 Å². The number of rotatable bonds is 4. The Morgan fingerprint density at radius 3 is 2.48 bits per heavy atom. The Morgan fingerprint density at radius 1 is 1.04 bits per heavy atom. The SMILES string of the molecule is N#Cc1ccc(Nc2cnnc(NC3CCCCCC3)n2)cc1. The van der Waals surface area contributed by atoms with Crippen molar-refractivity contribution in [1.29, 1.82) is 5.26 Å². The molecule has 2 N–H and O–H groups in total. The van der Waals surface area contributed by atoms with E-state index in [4.69, 9.17) is 5.26 Å². The highest BCUT2D eigenvalue weighted by Crippen LogP contribution is 2.20. The molecule has 6 nitrogen and oxygen atoms in total. The van der Waals surface area contributed by atoms with E-state index in [1.165, 1.54) is 25.7 Å². The van der Waals surface area contributed by atoms with E-state index in [-0.39, 0.29) is 0 Å². The van der Waals surface area contributed by atoms with E-state index in [9.17, 15) is 0 Å². The van der Waals surface area contributed by atoms with E-state index in [2.05, 4.69) is 31.9 Å². The molecule has 0 radical (unpaired) electrons. The van der Waals surface area contributed by atoms with Crippen molar-refractivity contribution in [1.82, 2.24) is 15.2 Å². The van der Waals surface area contributed by atoms with Crippen LogP contribution in [0.5, 0.6) is 0 Å². The second kappa shape index (κ2) is 7.54. The average Bonchev–Trinajstić information content (AvgIpc) is 2.85. The molecule has 0 bridgehead atoms. The maximum absolute atomic E-state index is 8.82. The van der Waals surface area contributed by atoms with Crippen LogP contribution in [0.4, 0.5) is 17.5 Å². The molecular formula is C17H20N6. The summed E-state index contributed by atoms with van der Waals surface area (Å²) in [5.41, 5.74) is 1.50. The van der Waals surface area contributed by atoms with Gasteiger partial charge in [0.1, 0.15) is 0 Å². The van der Waals surface area contributed by atoms with Crippen LogP contribution in [0.2, 0.25) is 0 Å². The molecule has 1 aromatic heterocycles. The lowest BCUT2D eigenvalue weighted by Crippen LogP contribution is -2.20. The summed E-state index contributed by atoms with van der Waals surface area (Å²) >= 11 is 0. The molecule has 118 valence electrons. The monoisotopic (exact) mass is 308 g/mol. The Labute approximate surface area is 136 Å². The van der Waals surface area contributed by atoms with Crippen LogP contribution >= 0.6 is 0 Å². The van der Waals surface area contributed by atoms with Gasteiger partial charge in [0.05, 0.1) is 17.8 Å². The summed E-state index contributed by atoms with van der Waals surface area (Å²) in [5.74, 6) is 1.20. The number of aromatic nitrogens is 3. The third-order valence-corrected chi connectivity index (χ3v) is 4.03. The first-order valence-electron chi connectivity index (χ1n) is 8.07. The summed E-state index contributed by atoms with van der Waals surface area (Å²) in [6, 6.07) is 9.76. The maximum atomic E-state index is 8.82. The van der Waals surface area contributed by atoms with Gasteiger partial charge in [0.15, 0.2) is 5.82 Å². The van der Waals surface area contributed by atoms with E-state index < -0.39 is 0 Å².